The van der Waals surface area contributed by atoms with Crippen LogP contribution in [-0.2, 0) is 6.54 Å². The lowest BCUT2D eigenvalue weighted by Crippen LogP contribution is -2.26. The third kappa shape index (κ3) is 4.98. The maximum absolute atomic E-state index is 13.0. The van der Waals surface area contributed by atoms with Crippen LogP contribution >= 0.6 is 12.4 Å². The van der Waals surface area contributed by atoms with E-state index in [1.807, 2.05) is 18.2 Å². The molecular weight excluding hydrogens is 349 g/mol. The second-order valence-electron chi connectivity index (χ2n) is 5.00. The number of nitrogens with two attached hydrogens (primary N) is 2. The summed E-state index contributed by atoms with van der Waals surface area (Å²) in [6, 6.07) is 11.3. The predicted octanol–water partition coefficient (Wildman–Crippen LogP) is 2.22. The van der Waals surface area contributed by atoms with E-state index in [1.54, 1.807) is 12.1 Å². The van der Waals surface area contributed by atoms with Crippen molar-refractivity contribution in [2.24, 2.45) is 21.5 Å². The average Bonchev–Trinajstić information content (AvgIpc) is 3.02. The molecule has 5 N–H and O–H groups in total. The highest BCUT2D eigenvalue weighted by Crippen LogP contribution is 2.32. The van der Waals surface area contributed by atoms with E-state index in [9.17, 15) is 4.39 Å². The van der Waals surface area contributed by atoms with Crippen molar-refractivity contribution in [1.29, 1.82) is 0 Å². The lowest BCUT2D eigenvalue weighted by atomic mass is 10.2. The Morgan fingerprint density at radius 3 is 2.52 bits per heavy atom. The van der Waals surface area contributed by atoms with Crippen molar-refractivity contribution in [3.8, 4) is 11.5 Å². The molecule has 0 saturated heterocycles. The molecule has 0 bridgehead atoms. The number of nitrogens with one attached hydrogen (secondary N) is 1. The van der Waals surface area contributed by atoms with Gasteiger partial charge in [0.05, 0.1) is 6.54 Å². The molecule has 1 aliphatic rings. The summed E-state index contributed by atoms with van der Waals surface area (Å²) in [5, 5.41) is 2.94. The SMILES string of the molecule is Cl.NC(N)=NC(=NCc1ccc2c(c1)OCO2)Nc1ccc(F)cc1. The van der Waals surface area contributed by atoms with Gasteiger partial charge in [-0.05, 0) is 42.0 Å². The van der Waals surface area contributed by atoms with E-state index < -0.39 is 0 Å². The van der Waals surface area contributed by atoms with Crippen LogP contribution < -0.4 is 26.3 Å². The minimum Gasteiger partial charge on any atom is -0.454 e. The third-order valence-corrected chi connectivity index (χ3v) is 3.18. The summed E-state index contributed by atoms with van der Waals surface area (Å²) in [5.74, 6) is 1.14. The van der Waals surface area contributed by atoms with Crippen LogP contribution in [0.15, 0.2) is 52.4 Å². The molecule has 0 radical (unpaired) electrons. The van der Waals surface area contributed by atoms with Gasteiger partial charge in [0, 0.05) is 5.69 Å². The van der Waals surface area contributed by atoms with Crippen molar-refractivity contribution in [3.05, 3.63) is 53.8 Å². The van der Waals surface area contributed by atoms with Crippen molar-refractivity contribution in [1.82, 2.24) is 0 Å². The maximum Gasteiger partial charge on any atom is 0.231 e. The van der Waals surface area contributed by atoms with Gasteiger partial charge in [0.1, 0.15) is 5.82 Å². The van der Waals surface area contributed by atoms with Crippen molar-refractivity contribution in [2.45, 2.75) is 6.54 Å². The summed E-state index contributed by atoms with van der Waals surface area (Å²) >= 11 is 0. The topological polar surface area (TPSA) is 107 Å². The van der Waals surface area contributed by atoms with E-state index in [-0.39, 0.29) is 36.9 Å². The quantitative estimate of drug-likeness (QED) is 0.571. The molecule has 0 amide bonds. The fourth-order valence-electron chi connectivity index (χ4n) is 2.09. The van der Waals surface area contributed by atoms with Crippen LogP contribution in [0, 0.1) is 5.82 Å². The molecule has 7 nitrogen and oxygen atoms in total. The number of halogens is 2. The van der Waals surface area contributed by atoms with E-state index in [4.69, 9.17) is 20.9 Å². The summed E-state index contributed by atoms with van der Waals surface area (Å²) in [5.41, 5.74) is 12.4. The van der Waals surface area contributed by atoms with Gasteiger partial charge in [-0.2, -0.15) is 4.99 Å². The molecule has 25 heavy (non-hydrogen) atoms. The molecule has 3 rings (SSSR count). The van der Waals surface area contributed by atoms with Crippen molar-refractivity contribution in [3.63, 3.8) is 0 Å². The molecule has 2 aromatic rings. The summed E-state index contributed by atoms with van der Waals surface area (Å²) in [4.78, 5) is 8.29. The number of guanidine groups is 2. The van der Waals surface area contributed by atoms with Crippen molar-refractivity contribution >= 4 is 30.0 Å². The van der Waals surface area contributed by atoms with E-state index in [2.05, 4.69) is 15.3 Å². The highest BCUT2D eigenvalue weighted by atomic mass is 35.5. The molecule has 1 heterocycles. The number of rotatable bonds is 3. The molecule has 0 aromatic heterocycles. The largest absolute Gasteiger partial charge is 0.454 e. The highest BCUT2D eigenvalue weighted by Gasteiger charge is 2.13. The van der Waals surface area contributed by atoms with Gasteiger partial charge >= 0.3 is 0 Å². The van der Waals surface area contributed by atoms with Gasteiger partial charge in [0.2, 0.25) is 12.8 Å². The van der Waals surface area contributed by atoms with Gasteiger partial charge in [-0.15, -0.1) is 12.4 Å². The number of hydrogen-bond acceptors (Lipinski definition) is 3. The fraction of sp³-hybridized carbons (Fsp3) is 0.125. The zero-order valence-corrected chi connectivity index (χ0v) is 13.9. The monoisotopic (exact) mass is 365 g/mol. The Kier molecular flexibility index (Phi) is 6.02. The first-order valence-corrected chi connectivity index (χ1v) is 7.15. The molecule has 0 atom stereocenters. The van der Waals surface area contributed by atoms with Gasteiger partial charge in [-0.25, -0.2) is 9.38 Å². The first-order chi connectivity index (χ1) is 11.6. The van der Waals surface area contributed by atoms with E-state index >= 15 is 0 Å². The Hall–Kier alpha value is -3.00. The zero-order valence-electron chi connectivity index (χ0n) is 13.1. The van der Waals surface area contributed by atoms with Gasteiger partial charge < -0.3 is 26.3 Å². The van der Waals surface area contributed by atoms with E-state index in [1.165, 1.54) is 12.1 Å². The van der Waals surface area contributed by atoms with Crippen LogP contribution in [0.3, 0.4) is 0 Å². The molecule has 0 aliphatic carbocycles. The van der Waals surface area contributed by atoms with E-state index in [0.717, 1.165) is 5.56 Å². The lowest BCUT2D eigenvalue weighted by Gasteiger charge is -2.07. The van der Waals surface area contributed by atoms with Crippen LogP contribution in [-0.4, -0.2) is 18.7 Å². The molecule has 0 saturated carbocycles. The van der Waals surface area contributed by atoms with Crippen molar-refractivity contribution in [2.75, 3.05) is 12.1 Å². The molecule has 0 unspecified atom stereocenters. The van der Waals surface area contributed by atoms with Gasteiger partial charge in [0.15, 0.2) is 17.5 Å². The smallest absolute Gasteiger partial charge is 0.231 e. The first kappa shape index (κ1) is 18.3. The summed E-state index contributed by atoms with van der Waals surface area (Å²) in [6.07, 6.45) is 0. The lowest BCUT2D eigenvalue weighted by molar-refractivity contribution is 0.174. The molecule has 9 heteroatoms. The second kappa shape index (κ2) is 8.20. The van der Waals surface area contributed by atoms with Crippen LogP contribution in [0.25, 0.3) is 0 Å². The standard InChI is InChI=1S/C16H16FN5O2.ClH/c17-11-2-4-12(5-3-11)21-16(22-15(18)19)20-8-10-1-6-13-14(7-10)24-9-23-13;/h1-7H,8-9H2,(H5,18,19,20,21,22);1H. The Morgan fingerprint density at radius 1 is 1.08 bits per heavy atom. The molecule has 0 spiro atoms. The number of anilines is 1. The van der Waals surface area contributed by atoms with Crippen LogP contribution in [0.4, 0.5) is 10.1 Å². The predicted molar refractivity (Wildman–Crippen MR) is 96.8 cm³/mol. The zero-order chi connectivity index (χ0) is 16.9. The van der Waals surface area contributed by atoms with Crippen LogP contribution in [0.5, 0.6) is 11.5 Å². The maximum atomic E-state index is 13.0. The second-order valence-corrected chi connectivity index (χ2v) is 5.00. The van der Waals surface area contributed by atoms with E-state index in [0.29, 0.717) is 23.7 Å². The Balaban J connectivity index is 0.00000225. The number of hydrogen-bond donors (Lipinski definition) is 3. The molecule has 1 aliphatic heterocycles. The highest BCUT2D eigenvalue weighted by molar-refractivity contribution is 6.01. The number of benzene rings is 2. The van der Waals surface area contributed by atoms with Crippen LogP contribution in [0.1, 0.15) is 5.56 Å². The summed E-state index contributed by atoms with van der Waals surface area (Å²) < 4.78 is 23.6. The Labute approximate surface area is 150 Å². The average molecular weight is 366 g/mol. The molecule has 132 valence electrons. The Bertz CT molecular complexity index is 792. The first-order valence-electron chi connectivity index (χ1n) is 7.15. The molecular formula is C16H17ClFN5O2. The summed E-state index contributed by atoms with van der Waals surface area (Å²) in [7, 11) is 0. The Morgan fingerprint density at radius 2 is 1.80 bits per heavy atom. The summed E-state index contributed by atoms with van der Waals surface area (Å²) in [6.45, 7) is 0.546. The minimum absolute atomic E-state index is 0. The normalized spacial score (nSPS) is 12.3. The van der Waals surface area contributed by atoms with Gasteiger partial charge in [-0.3, -0.25) is 0 Å². The number of fused-ring (bicyclic) bond motifs is 1. The van der Waals surface area contributed by atoms with Gasteiger partial charge in [-0.1, -0.05) is 6.07 Å². The third-order valence-electron chi connectivity index (χ3n) is 3.18. The molecule has 2 aromatic carbocycles. The van der Waals surface area contributed by atoms with Crippen molar-refractivity contribution < 1.29 is 13.9 Å². The number of ether oxygens (including phenoxy) is 2. The fourth-order valence-corrected chi connectivity index (χ4v) is 2.09. The minimum atomic E-state index is -0.332. The molecule has 0 fully saturated rings. The number of nitrogens with zero attached hydrogens (tertiary/aromatic N) is 2. The van der Waals surface area contributed by atoms with Gasteiger partial charge in [0.25, 0.3) is 0 Å². The number of aliphatic imine (C=N–C) groups is 2. The van der Waals surface area contributed by atoms with Crippen LogP contribution in [0.2, 0.25) is 0 Å².